The van der Waals surface area contributed by atoms with E-state index in [1.807, 2.05) is 25.3 Å². The number of halogens is 1. The van der Waals surface area contributed by atoms with E-state index < -0.39 is 0 Å². The largest absolute Gasteiger partial charge is 0.338 e. The Labute approximate surface area is 184 Å². The number of hydrogen-bond acceptors (Lipinski definition) is 4. The van der Waals surface area contributed by atoms with Crippen molar-refractivity contribution in [3.63, 3.8) is 0 Å². The zero-order valence-corrected chi connectivity index (χ0v) is 17.7. The van der Waals surface area contributed by atoms with E-state index in [2.05, 4.69) is 42.6 Å². The van der Waals surface area contributed by atoms with Gasteiger partial charge in [-0.05, 0) is 91.4 Å². The van der Waals surface area contributed by atoms with Crippen molar-refractivity contribution >= 4 is 22.1 Å². The molecule has 5 aromatic rings. The number of piperidine rings is 1. The molecule has 1 fully saturated rings. The number of pyridine rings is 2. The molecular formula is C25H23FN6. The van der Waals surface area contributed by atoms with Crippen molar-refractivity contribution in [2.75, 3.05) is 13.1 Å². The van der Waals surface area contributed by atoms with Gasteiger partial charge in [-0.3, -0.25) is 5.10 Å². The third-order valence-corrected chi connectivity index (χ3v) is 6.40. The van der Waals surface area contributed by atoms with E-state index in [1.165, 1.54) is 11.6 Å². The van der Waals surface area contributed by atoms with Crippen LogP contribution in [0.5, 0.6) is 0 Å². The number of aryl methyl sites for hydroxylation is 1. The summed E-state index contributed by atoms with van der Waals surface area (Å²) in [7, 11) is 0. The molecule has 1 aliphatic heterocycles. The lowest BCUT2D eigenvalue weighted by molar-refractivity contribution is 0.460. The molecule has 32 heavy (non-hydrogen) atoms. The lowest BCUT2D eigenvalue weighted by Gasteiger charge is -2.22. The molecule has 0 unspecified atom stereocenters. The molecule has 5 heterocycles. The number of aromatic amines is 2. The van der Waals surface area contributed by atoms with Crippen molar-refractivity contribution in [1.82, 2.24) is 30.5 Å². The summed E-state index contributed by atoms with van der Waals surface area (Å²) in [5.41, 5.74) is 7.16. The molecule has 0 atom stereocenters. The maximum absolute atomic E-state index is 14.1. The van der Waals surface area contributed by atoms with Gasteiger partial charge in [0.15, 0.2) is 5.65 Å². The predicted molar refractivity (Wildman–Crippen MR) is 124 cm³/mol. The lowest BCUT2D eigenvalue weighted by atomic mass is 9.91. The van der Waals surface area contributed by atoms with Gasteiger partial charge in [0.05, 0.1) is 11.4 Å². The first-order valence-electron chi connectivity index (χ1n) is 11.0. The molecule has 0 spiro atoms. The lowest BCUT2D eigenvalue weighted by Crippen LogP contribution is -2.26. The van der Waals surface area contributed by atoms with Gasteiger partial charge in [-0.2, -0.15) is 5.10 Å². The van der Waals surface area contributed by atoms with Gasteiger partial charge in [0, 0.05) is 23.2 Å². The molecule has 3 N–H and O–H groups in total. The molecule has 7 heteroatoms. The topological polar surface area (TPSA) is 82.3 Å². The average molecular weight is 426 g/mol. The Morgan fingerprint density at radius 3 is 2.72 bits per heavy atom. The van der Waals surface area contributed by atoms with Crippen LogP contribution in [0.4, 0.5) is 4.39 Å². The molecule has 0 saturated carbocycles. The van der Waals surface area contributed by atoms with Crippen LogP contribution in [0, 0.1) is 12.7 Å². The van der Waals surface area contributed by atoms with Gasteiger partial charge in [0.25, 0.3) is 0 Å². The number of nitrogens with one attached hydrogen (secondary N) is 3. The van der Waals surface area contributed by atoms with Crippen LogP contribution in [-0.4, -0.2) is 38.2 Å². The highest BCUT2D eigenvalue weighted by Crippen LogP contribution is 2.35. The molecule has 4 aromatic heterocycles. The van der Waals surface area contributed by atoms with Crippen LogP contribution >= 0.6 is 0 Å². The van der Waals surface area contributed by atoms with E-state index in [0.717, 1.165) is 70.4 Å². The van der Waals surface area contributed by atoms with E-state index in [9.17, 15) is 4.39 Å². The van der Waals surface area contributed by atoms with Crippen LogP contribution in [-0.2, 0) is 0 Å². The van der Waals surface area contributed by atoms with Gasteiger partial charge in [-0.1, -0.05) is 6.07 Å². The zero-order chi connectivity index (χ0) is 21.7. The van der Waals surface area contributed by atoms with Gasteiger partial charge in [-0.25, -0.2) is 14.4 Å². The van der Waals surface area contributed by atoms with Crippen LogP contribution in [0.1, 0.15) is 29.9 Å². The first-order chi connectivity index (χ1) is 15.7. The van der Waals surface area contributed by atoms with E-state index in [-0.39, 0.29) is 5.82 Å². The summed E-state index contributed by atoms with van der Waals surface area (Å²) < 4.78 is 14.1. The van der Waals surface area contributed by atoms with Crippen LogP contribution in [0.15, 0.2) is 48.8 Å². The van der Waals surface area contributed by atoms with Crippen molar-refractivity contribution in [3.05, 3.63) is 65.7 Å². The molecule has 0 amide bonds. The summed E-state index contributed by atoms with van der Waals surface area (Å²) in [6.45, 7) is 3.98. The van der Waals surface area contributed by atoms with E-state index in [0.29, 0.717) is 11.6 Å². The SMILES string of the molecule is Cc1cc(F)cc(-c2ccnc3[nH]c(-c4[nH]nc5ncc(C6CCNCC6)cc45)cc23)c1. The maximum atomic E-state index is 14.1. The number of benzene rings is 1. The van der Waals surface area contributed by atoms with Gasteiger partial charge in [0.2, 0.25) is 0 Å². The number of hydrogen-bond donors (Lipinski definition) is 3. The number of rotatable bonds is 3. The first kappa shape index (κ1) is 19.1. The van der Waals surface area contributed by atoms with Crippen molar-refractivity contribution in [3.8, 4) is 22.5 Å². The van der Waals surface area contributed by atoms with Gasteiger partial charge >= 0.3 is 0 Å². The fourth-order valence-electron chi connectivity index (χ4n) is 4.80. The fraction of sp³-hybridized carbons (Fsp3) is 0.240. The van der Waals surface area contributed by atoms with E-state index >= 15 is 0 Å². The quantitative estimate of drug-likeness (QED) is 0.376. The van der Waals surface area contributed by atoms with Gasteiger partial charge in [0.1, 0.15) is 11.5 Å². The first-order valence-corrected chi connectivity index (χ1v) is 11.0. The Hall–Kier alpha value is -3.58. The molecule has 0 aliphatic carbocycles. The normalized spacial score (nSPS) is 15.1. The molecule has 1 saturated heterocycles. The molecule has 1 aromatic carbocycles. The molecule has 1 aliphatic rings. The van der Waals surface area contributed by atoms with Crippen molar-refractivity contribution in [2.45, 2.75) is 25.7 Å². The Kier molecular flexibility index (Phi) is 4.50. The minimum Gasteiger partial charge on any atom is -0.338 e. The molecule has 6 rings (SSSR count). The highest BCUT2D eigenvalue weighted by Gasteiger charge is 2.19. The smallest absolute Gasteiger partial charge is 0.181 e. The monoisotopic (exact) mass is 426 g/mol. The minimum absolute atomic E-state index is 0.239. The second-order valence-corrected chi connectivity index (χ2v) is 8.58. The highest BCUT2D eigenvalue weighted by molar-refractivity contribution is 5.99. The molecule has 0 radical (unpaired) electrons. The van der Waals surface area contributed by atoms with E-state index in [4.69, 9.17) is 0 Å². The summed E-state index contributed by atoms with van der Waals surface area (Å²) in [5.74, 6) is 0.278. The summed E-state index contributed by atoms with van der Waals surface area (Å²) in [4.78, 5) is 12.5. The third-order valence-electron chi connectivity index (χ3n) is 6.40. The van der Waals surface area contributed by atoms with Gasteiger partial charge < -0.3 is 10.3 Å². The standard InChI is InChI=1S/C25H23FN6/c1-14-8-16(10-18(26)9-14)19-4-7-28-24-20(19)12-22(30-24)23-21-11-17(13-29-25(21)32-31-23)15-2-5-27-6-3-15/h4,7-13,15,27H,2-3,5-6H2,1H3,(H,28,30)(H,29,31,32). The third kappa shape index (κ3) is 3.26. The number of nitrogens with zero attached hydrogens (tertiary/aromatic N) is 3. The molecule has 160 valence electrons. The average Bonchev–Trinajstić information content (AvgIpc) is 3.42. The maximum Gasteiger partial charge on any atom is 0.181 e. The number of aromatic nitrogens is 5. The number of H-pyrrole nitrogens is 2. The summed E-state index contributed by atoms with van der Waals surface area (Å²) in [6.07, 6.45) is 5.94. The summed E-state index contributed by atoms with van der Waals surface area (Å²) in [5, 5.41) is 12.9. The van der Waals surface area contributed by atoms with E-state index in [1.54, 1.807) is 12.3 Å². The minimum atomic E-state index is -0.239. The number of fused-ring (bicyclic) bond motifs is 2. The molecule has 6 nitrogen and oxygen atoms in total. The van der Waals surface area contributed by atoms with Crippen LogP contribution in [0.25, 0.3) is 44.6 Å². The van der Waals surface area contributed by atoms with Gasteiger partial charge in [-0.15, -0.1) is 0 Å². The second-order valence-electron chi connectivity index (χ2n) is 8.58. The highest BCUT2D eigenvalue weighted by atomic mass is 19.1. The summed E-state index contributed by atoms with van der Waals surface area (Å²) in [6, 6.07) is 11.3. The Balaban J connectivity index is 1.47. The molecular weight excluding hydrogens is 403 g/mol. The Morgan fingerprint density at radius 2 is 1.88 bits per heavy atom. The van der Waals surface area contributed by atoms with Crippen molar-refractivity contribution < 1.29 is 4.39 Å². The van der Waals surface area contributed by atoms with Crippen molar-refractivity contribution in [1.29, 1.82) is 0 Å². The van der Waals surface area contributed by atoms with Crippen LogP contribution in [0.2, 0.25) is 0 Å². The Morgan fingerprint density at radius 1 is 1.00 bits per heavy atom. The Bertz CT molecular complexity index is 1420. The van der Waals surface area contributed by atoms with Crippen molar-refractivity contribution in [2.24, 2.45) is 0 Å². The second kappa shape index (κ2) is 7.53. The zero-order valence-electron chi connectivity index (χ0n) is 17.7. The molecule has 0 bridgehead atoms. The van der Waals surface area contributed by atoms with Crippen LogP contribution < -0.4 is 5.32 Å². The summed E-state index contributed by atoms with van der Waals surface area (Å²) >= 11 is 0. The predicted octanol–water partition coefficient (Wildman–Crippen LogP) is 5.08. The van der Waals surface area contributed by atoms with Crippen LogP contribution in [0.3, 0.4) is 0 Å². The fourth-order valence-corrected chi connectivity index (χ4v) is 4.80.